The third-order valence-electron chi connectivity index (χ3n) is 3.78. The largest absolute Gasteiger partial charge is 0.345 e. The Kier molecular flexibility index (Phi) is 4.03. The molecule has 20 heavy (non-hydrogen) atoms. The molecule has 1 unspecified atom stereocenters. The molecule has 2 aromatic rings. The van der Waals surface area contributed by atoms with E-state index in [2.05, 4.69) is 34.9 Å². The summed E-state index contributed by atoms with van der Waals surface area (Å²) in [7, 11) is 0. The van der Waals surface area contributed by atoms with Crippen LogP contribution in [0, 0.1) is 0 Å². The van der Waals surface area contributed by atoms with E-state index < -0.39 is 0 Å². The molecule has 1 N–H and O–H groups in total. The zero-order valence-corrected chi connectivity index (χ0v) is 12.5. The Hall–Kier alpha value is -1.40. The van der Waals surface area contributed by atoms with Crippen LogP contribution in [0.4, 0.5) is 0 Å². The summed E-state index contributed by atoms with van der Waals surface area (Å²) < 4.78 is 3.43. The molecule has 5 nitrogen and oxygen atoms in total. The van der Waals surface area contributed by atoms with E-state index in [9.17, 15) is 4.79 Å². The van der Waals surface area contributed by atoms with Gasteiger partial charge in [-0.3, -0.25) is 4.57 Å². The molecule has 1 aliphatic heterocycles. The van der Waals surface area contributed by atoms with Gasteiger partial charge in [0.05, 0.1) is 6.54 Å². The predicted octanol–water partition coefficient (Wildman–Crippen LogP) is 1.79. The quantitative estimate of drug-likeness (QED) is 0.914. The van der Waals surface area contributed by atoms with Crippen molar-refractivity contribution in [2.45, 2.75) is 45.3 Å². The molecular formula is C14H20N4OS. The van der Waals surface area contributed by atoms with Crippen LogP contribution in [0.25, 0.3) is 0 Å². The fourth-order valence-electron chi connectivity index (χ4n) is 2.62. The van der Waals surface area contributed by atoms with E-state index in [1.165, 1.54) is 4.88 Å². The highest BCUT2D eigenvalue weighted by Gasteiger charge is 2.16. The van der Waals surface area contributed by atoms with Gasteiger partial charge in [0.2, 0.25) is 0 Å². The first-order chi connectivity index (χ1) is 9.75. The summed E-state index contributed by atoms with van der Waals surface area (Å²) in [4.78, 5) is 13.5. The molecular weight excluding hydrogens is 272 g/mol. The number of thiophene rings is 1. The van der Waals surface area contributed by atoms with Crippen LogP contribution in [0.1, 0.15) is 36.5 Å². The summed E-state index contributed by atoms with van der Waals surface area (Å²) in [6, 6.07) is 4.51. The van der Waals surface area contributed by atoms with E-state index in [0.29, 0.717) is 12.6 Å². The summed E-state index contributed by atoms with van der Waals surface area (Å²) in [6.07, 6.45) is 3.16. The van der Waals surface area contributed by atoms with Crippen molar-refractivity contribution in [1.82, 2.24) is 19.7 Å². The average Bonchev–Trinajstić information content (AvgIpc) is 3.09. The minimum absolute atomic E-state index is 0.0466. The smallest absolute Gasteiger partial charge is 0.308 e. The number of hydrogen-bond donors (Lipinski definition) is 1. The van der Waals surface area contributed by atoms with Crippen LogP contribution in [0.15, 0.2) is 22.3 Å². The summed E-state index contributed by atoms with van der Waals surface area (Å²) in [6.45, 7) is 4.37. The zero-order valence-electron chi connectivity index (χ0n) is 11.7. The molecule has 0 spiro atoms. The maximum Gasteiger partial charge on any atom is 0.345 e. The average molecular weight is 292 g/mol. The van der Waals surface area contributed by atoms with Crippen LogP contribution in [-0.2, 0) is 19.5 Å². The second-order valence-corrected chi connectivity index (χ2v) is 6.20. The molecule has 0 fully saturated rings. The Balaban J connectivity index is 1.59. The first-order valence-corrected chi connectivity index (χ1v) is 8.07. The number of nitrogens with one attached hydrogen (secondary N) is 1. The Morgan fingerprint density at radius 3 is 3.15 bits per heavy atom. The normalized spacial score (nSPS) is 16.1. The molecule has 6 heteroatoms. The van der Waals surface area contributed by atoms with E-state index in [4.69, 9.17) is 0 Å². The highest BCUT2D eigenvalue weighted by Crippen LogP contribution is 2.17. The van der Waals surface area contributed by atoms with Crippen molar-refractivity contribution in [2.24, 2.45) is 0 Å². The number of aryl methyl sites for hydroxylation is 1. The molecule has 0 amide bonds. The van der Waals surface area contributed by atoms with Crippen molar-refractivity contribution >= 4 is 11.3 Å². The molecule has 0 aliphatic carbocycles. The maximum absolute atomic E-state index is 12.2. The van der Waals surface area contributed by atoms with Crippen molar-refractivity contribution in [3.8, 4) is 0 Å². The lowest BCUT2D eigenvalue weighted by Gasteiger charge is -2.11. The summed E-state index contributed by atoms with van der Waals surface area (Å²) in [5, 5.41) is 9.97. The monoisotopic (exact) mass is 292 g/mol. The van der Waals surface area contributed by atoms with E-state index in [1.807, 2.05) is 4.57 Å². The molecule has 0 radical (unpaired) electrons. The first kappa shape index (κ1) is 13.6. The minimum Gasteiger partial charge on any atom is -0.308 e. The second-order valence-electron chi connectivity index (χ2n) is 5.22. The van der Waals surface area contributed by atoms with Crippen molar-refractivity contribution in [3.63, 3.8) is 0 Å². The van der Waals surface area contributed by atoms with Gasteiger partial charge < -0.3 is 5.32 Å². The maximum atomic E-state index is 12.2. The van der Waals surface area contributed by atoms with Gasteiger partial charge in [-0.2, -0.15) is 5.10 Å². The molecule has 0 saturated heterocycles. The fourth-order valence-corrected chi connectivity index (χ4v) is 3.38. The topological polar surface area (TPSA) is 51.9 Å². The van der Waals surface area contributed by atoms with Crippen LogP contribution in [-0.4, -0.2) is 20.9 Å². The van der Waals surface area contributed by atoms with Crippen LogP contribution < -0.4 is 11.0 Å². The van der Waals surface area contributed by atoms with E-state index in [-0.39, 0.29) is 5.69 Å². The Bertz CT molecular complexity index is 614. The number of nitrogens with zero attached hydrogens (tertiary/aromatic N) is 3. The third-order valence-corrected chi connectivity index (χ3v) is 4.83. The number of fused-ring (bicyclic) bond motifs is 1. The van der Waals surface area contributed by atoms with Gasteiger partial charge in [0.1, 0.15) is 5.82 Å². The Morgan fingerprint density at radius 1 is 1.50 bits per heavy atom. The van der Waals surface area contributed by atoms with Crippen LogP contribution >= 0.6 is 11.3 Å². The highest BCUT2D eigenvalue weighted by molar-refractivity contribution is 7.10. The molecule has 108 valence electrons. The van der Waals surface area contributed by atoms with Gasteiger partial charge in [-0.15, -0.1) is 11.3 Å². The Morgan fingerprint density at radius 2 is 2.40 bits per heavy atom. The number of aromatic nitrogens is 3. The van der Waals surface area contributed by atoms with Gasteiger partial charge in [-0.05, 0) is 31.2 Å². The lowest BCUT2D eigenvalue weighted by molar-refractivity contribution is 0.494. The molecule has 1 aliphatic rings. The number of rotatable bonds is 5. The Labute approximate surface area is 122 Å². The standard InChI is InChI=1S/C14H20N4OS/c1-11(12-5-4-10-20-12)15-7-9-18-14(19)17-8-3-2-6-13(17)16-18/h4-5,10-11,15H,2-3,6-9H2,1H3. The minimum atomic E-state index is 0.0466. The van der Waals surface area contributed by atoms with Gasteiger partial charge in [-0.25, -0.2) is 9.48 Å². The van der Waals surface area contributed by atoms with E-state index in [1.54, 1.807) is 16.0 Å². The first-order valence-electron chi connectivity index (χ1n) is 7.19. The highest BCUT2D eigenvalue weighted by atomic mass is 32.1. The molecule has 3 heterocycles. The molecule has 0 bridgehead atoms. The summed E-state index contributed by atoms with van der Waals surface area (Å²) in [5.74, 6) is 0.951. The van der Waals surface area contributed by atoms with Crippen molar-refractivity contribution in [3.05, 3.63) is 38.7 Å². The lowest BCUT2D eigenvalue weighted by Crippen LogP contribution is -2.31. The van der Waals surface area contributed by atoms with E-state index in [0.717, 1.165) is 38.2 Å². The van der Waals surface area contributed by atoms with Gasteiger partial charge in [0.15, 0.2) is 0 Å². The van der Waals surface area contributed by atoms with Crippen LogP contribution in [0.2, 0.25) is 0 Å². The van der Waals surface area contributed by atoms with Crippen molar-refractivity contribution in [2.75, 3.05) is 6.54 Å². The number of hydrogen-bond acceptors (Lipinski definition) is 4. The van der Waals surface area contributed by atoms with Crippen LogP contribution in [0.5, 0.6) is 0 Å². The lowest BCUT2D eigenvalue weighted by atomic mass is 10.2. The molecule has 2 aromatic heterocycles. The molecule has 0 aromatic carbocycles. The second kappa shape index (κ2) is 5.93. The van der Waals surface area contributed by atoms with E-state index >= 15 is 0 Å². The summed E-state index contributed by atoms with van der Waals surface area (Å²) >= 11 is 1.75. The van der Waals surface area contributed by atoms with Gasteiger partial charge in [0.25, 0.3) is 0 Å². The van der Waals surface area contributed by atoms with Gasteiger partial charge >= 0.3 is 5.69 Å². The van der Waals surface area contributed by atoms with Crippen LogP contribution in [0.3, 0.4) is 0 Å². The third kappa shape index (κ3) is 2.71. The predicted molar refractivity (Wildman–Crippen MR) is 80.2 cm³/mol. The summed E-state index contributed by atoms with van der Waals surface area (Å²) in [5.41, 5.74) is 0.0466. The molecule has 0 saturated carbocycles. The molecule has 3 rings (SSSR count). The fraction of sp³-hybridized carbons (Fsp3) is 0.571. The van der Waals surface area contributed by atoms with Gasteiger partial charge in [0, 0.05) is 30.4 Å². The SMILES string of the molecule is CC(NCCn1nc2n(c1=O)CCCC2)c1cccs1. The molecule has 1 atom stereocenters. The van der Waals surface area contributed by atoms with Crippen molar-refractivity contribution in [1.29, 1.82) is 0 Å². The van der Waals surface area contributed by atoms with Crippen molar-refractivity contribution < 1.29 is 0 Å². The van der Waals surface area contributed by atoms with Gasteiger partial charge in [-0.1, -0.05) is 6.07 Å². The zero-order chi connectivity index (χ0) is 13.9.